The van der Waals surface area contributed by atoms with Crippen LogP contribution >= 0.6 is 0 Å². The molecular formula is C20H36N4. The standard InChI is InChI=1S/C15H20N2.C2H5N.C2H6.CH5N/c1-11(2)10-17-6-4-5-14-12(3)7-13(9-16)8-15(14)17;1-2-3;2*1-2/h7-9,16H,1,4-6,10H2,2-3H3;2H,1,3H2;1-2H3;2H2,1H3. The van der Waals surface area contributed by atoms with Crippen molar-refractivity contribution >= 4 is 11.9 Å². The van der Waals surface area contributed by atoms with Crippen molar-refractivity contribution in [3.8, 4) is 0 Å². The highest BCUT2D eigenvalue weighted by Crippen LogP contribution is 2.31. The van der Waals surface area contributed by atoms with Crippen LogP contribution in [0.3, 0.4) is 0 Å². The lowest BCUT2D eigenvalue weighted by atomic mass is 9.94. The molecule has 0 amide bonds. The van der Waals surface area contributed by atoms with E-state index in [9.17, 15) is 0 Å². The Kier molecular flexibility index (Phi) is 14.6. The van der Waals surface area contributed by atoms with E-state index < -0.39 is 0 Å². The molecule has 1 aromatic rings. The first-order valence-electron chi connectivity index (χ1n) is 8.47. The molecule has 1 aromatic carbocycles. The Labute approximate surface area is 148 Å². The maximum atomic E-state index is 7.40. The first-order chi connectivity index (χ1) is 11.5. The summed E-state index contributed by atoms with van der Waals surface area (Å²) in [5.74, 6) is 0. The van der Waals surface area contributed by atoms with E-state index in [1.165, 1.54) is 48.3 Å². The van der Waals surface area contributed by atoms with E-state index in [1.807, 2.05) is 13.8 Å². The zero-order valence-corrected chi connectivity index (χ0v) is 16.2. The van der Waals surface area contributed by atoms with Gasteiger partial charge >= 0.3 is 0 Å². The number of aryl methyl sites for hydroxylation is 1. The second-order valence-corrected chi connectivity index (χ2v) is 5.20. The summed E-state index contributed by atoms with van der Waals surface area (Å²) in [6, 6.07) is 4.24. The minimum atomic E-state index is 0.924. The van der Waals surface area contributed by atoms with Crippen molar-refractivity contribution in [3.05, 3.63) is 53.8 Å². The first kappa shape index (κ1) is 24.2. The zero-order valence-electron chi connectivity index (χ0n) is 16.2. The van der Waals surface area contributed by atoms with Crippen LogP contribution < -0.4 is 16.4 Å². The van der Waals surface area contributed by atoms with Crippen molar-refractivity contribution in [1.29, 1.82) is 5.41 Å². The molecule has 0 spiro atoms. The maximum absolute atomic E-state index is 7.40. The predicted octanol–water partition coefficient (Wildman–Crippen LogP) is 4.01. The van der Waals surface area contributed by atoms with Crippen molar-refractivity contribution in [1.82, 2.24) is 0 Å². The fourth-order valence-electron chi connectivity index (χ4n) is 2.57. The van der Waals surface area contributed by atoms with Crippen molar-refractivity contribution in [2.45, 2.75) is 40.5 Å². The molecular weight excluding hydrogens is 296 g/mol. The number of hydrogen-bond acceptors (Lipinski definition) is 4. The maximum Gasteiger partial charge on any atom is 0.0410 e. The normalized spacial score (nSPS) is 11.2. The molecule has 0 radical (unpaired) electrons. The van der Waals surface area contributed by atoms with Crippen LogP contribution in [0.4, 0.5) is 5.69 Å². The summed E-state index contributed by atoms with van der Waals surface area (Å²) >= 11 is 0. The van der Waals surface area contributed by atoms with E-state index in [4.69, 9.17) is 5.41 Å². The minimum absolute atomic E-state index is 0.924. The summed E-state index contributed by atoms with van der Waals surface area (Å²) in [6.45, 7) is 17.4. The third-order valence-electron chi connectivity index (χ3n) is 3.29. The van der Waals surface area contributed by atoms with Crippen molar-refractivity contribution in [2.24, 2.45) is 11.5 Å². The third-order valence-corrected chi connectivity index (χ3v) is 3.29. The van der Waals surface area contributed by atoms with E-state index >= 15 is 0 Å². The lowest BCUT2D eigenvalue weighted by Crippen LogP contribution is -2.31. The summed E-state index contributed by atoms with van der Waals surface area (Å²) in [5.41, 5.74) is 15.4. The molecule has 0 bridgehead atoms. The van der Waals surface area contributed by atoms with Gasteiger partial charge in [-0.3, -0.25) is 0 Å². The lowest BCUT2D eigenvalue weighted by molar-refractivity contribution is 0.711. The molecule has 0 saturated heterocycles. The molecule has 136 valence electrons. The zero-order chi connectivity index (χ0) is 19.1. The van der Waals surface area contributed by atoms with Gasteiger partial charge < -0.3 is 21.8 Å². The summed E-state index contributed by atoms with van der Waals surface area (Å²) < 4.78 is 0. The van der Waals surface area contributed by atoms with E-state index in [0.29, 0.717) is 0 Å². The highest BCUT2D eigenvalue weighted by Gasteiger charge is 2.18. The fourth-order valence-corrected chi connectivity index (χ4v) is 2.57. The summed E-state index contributed by atoms with van der Waals surface area (Å²) in [5, 5.41) is 7.40. The van der Waals surface area contributed by atoms with Gasteiger partial charge in [-0.05, 0) is 62.7 Å². The number of hydrogen-bond donors (Lipinski definition) is 3. The predicted molar refractivity (Wildman–Crippen MR) is 110 cm³/mol. The number of nitrogens with zero attached hydrogens (tertiary/aromatic N) is 1. The Bertz CT molecular complexity index is 507. The molecule has 5 N–H and O–H groups in total. The van der Waals surface area contributed by atoms with Crippen molar-refractivity contribution in [3.63, 3.8) is 0 Å². The van der Waals surface area contributed by atoms with Crippen LogP contribution in [0.25, 0.3) is 0 Å². The second kappa shape index (κ2) is 14.5. The van der Waals surface area contributed by atoms with Crippen molar-refractivity contribution in [2.75, 3.05) is 25.0 Å². The van der Waals surface area contributed by atoms with Gasteiger partial charge in [-0.2, -0.15) is 0 Å². The molecule has 0 aromatic heterocycles. The lowest BCUT2D eigenvalue weighted by Gasteiger charge is -2.32. The fraction of sp³-hybridized carbons (Fsp3) is 0.450. The Hall–Kier alpha value is -2.07. The molecule has 1 aliphatic heterocycles. The number of benzene rings is 1. The summed E-state index contributed by atoms with van der Waals surface area (Å²) in [4.78, 5) is 2.39. The average Bonchev–Trinajstić information content (AvgIpc) is 2.59. The monoisotopic (exact) mass is 332 g/mol. The summed E-state index contributed by atoms with van der Waals surface area (Å²) in [7, 11) is 1.50. The van der Waals surface area contributed by atoms with Gasteiger partial charge in [0.15, 0.2) is 0 Å². The molecule has 4 heteroatoms. The van der Waals surface area contributed by atoms with Gasteiger partial charge in [-0.25, -0.2) is 0 Å². The van der Waals surface area contributed by atoms with Crippen LogP contribution in [-0.4, -0.2) is 26.4 Å². The van der Waals surface area contributed by atoms with Crippen LogP contribution in [0.2, 0.25) is 0 Å². The van der Waals surface area contributed by atoms with Gasteiger partial charge in [-0.1, -0.05) is 38.6 Å². The Morgan fingerprint density at radius 2 is 1.88 bits per heavy atom. The van der Waals surface area contributed by atoms with Crippen LogP contribution in [0.1, 0.15) is 43.9 Å². The molecule has 4 nitrogen and oxygen atoms in total. The van der Waals surface area contributed by atoms with Gasteiger partial charge in [-0.15, -0.1) is 0 Å². The van der Waals surface area contributed by atoms with Gasteiger partial charge in [0.1, 0.15) is 0 Å². The minimum Gasteiger partial charge on any atom is -0.405 e. The molecule has 1 aliphatic rings. The average molecular weight is 333 g/mol. The number of nitrogens with one attached hydrogen (secondary N) is 1. The van der Waals surface area contributed by atoms with E-state index in [2.05, 4.69) is 55.5 Å². The molecule has 2 rings (SSSR count). The van der Waals surface area contributed by atoms with E-state index in [-0.39, 0.29) is 0 Å². The number of rotatable bonds is 3. The highest BCUT2D eigenvalue weighted by atomic mass is 15.1. The topological polar surface area (TPSA) is 79.1 Å². The van der Waals surface area contributed by atoms with Gasteiger partial charge in [0, 0.05) is 25.0 Å². The van der Waals surface area contributed by atoms with Crippen LogP contribution in [0.15, 0.2) is 37.1 Å². The Morgan fingerprint density at radius 3 is 2.33 bits per heavy atom. The van der Waals surface area contributed by atoms with Gasteiger partial charge in [0.2, 0.25) is 0 Å². The van der Waals surface area contributed by atoms with Crippen molar-refractivity contribution < 1.29 is 0 Å². The van der Waals surface area contributed by atoms with Gasteiger partial charge in [0.25, 0.3) is 0 Å². The number of fused-ring (bicyclic) bond motifs is 1. The molecule has 24 heavy (non-hydrogen) atoms. The molecule has 0 aliphatic carbocycles. The van der Waals surface area contributed by atoms with E-state index in [0.717, 1.165) is 25.1 Å². The molecule has 0 unspecified atom stereocenters. The Morgan fingerprint density at radius 1 is 1.33 bits per heavy atom. The number of anilines is 1. The molecule has 1 heterocycles. The largest absolute Gasteiger partial charge is 0.405 e. The second-order valence-electron chi connectivity index (χ2n) is 5.20. The van der Waals surface area contributed by atoms with Gasteiger partial charge in [0.05, 0.1) is 0 Å². The third kappa shape index (κ3) is 7.97. The van der Waals surface area contributed by atoms with Crippen LogP contribution in [-0.2, 0) is 6.42 Å². The summed E-state index contributed by atoms with van der Waals surface area (Å²) in [6.07, 6.45) is 5.05. The number of nitrogens with two attached hydrogens (primary N) is 2. The van der Waals surface area contributed by atoms with Crippen LogP contribution in [0, 0.1) is 12.3 Å². The van der Waals surface area contributed by atoms with E-state index in [1.54, 1.807) is 0 Å². The first-order valence-corrected chi connectivity index (χ1v) is 8.47. The highest BCUT2D eigenvalue weighted by molar-refractivity contribution is 5.81. The Balaban J connectivity index is 0. The van der Waals surface area contributed by atoms with Crippen LogP contribution in [0.5, 0.6) is 0 Å². The molecule has 0 saturated carbocycles. The quantitative estimate of drug-likeness (QED) is 0.578. The SMILES string of the molecule is C=C(C)CN1CCCc2c(C)cc(C=N)cc21.C=CN.CC.CN. The smallest absolute Gasteiger partial charge is 0.0410 e. The molecule has 0 fully saturated rings. The molecule has 0 atom stereocenters.